The molecular formula is C21H21N3O. The third kappa shape index (κ3) is 2.68. The first-order valence-electron chi connectivity index (χ1n) is 8.63. The van der Waals surface area contributed by atoms with E-state index < -0.39 is 0 Å². The Balaban J connectivity index is 2.09. The Morgan fingerprint density at radius 1 is 1.00 bits per heavy atom. The van der Waals surface area contributed by atoms with Crippen molar-refractivity contribution in [3.05, 3.63) is 66.1 Å². The van der Waals surface area contributed by atoms with E-state index in [1.54, 1.807) is 6.20 Å². The molecule has 0 aliphatic heterocycles. The van der Waals surface area contributed by atoms with Gasteiger partial charge in [0, 0.05) is 5.39 Å². The maximum Gasteiger partial charge on any atom is 0.140 e. The van der Waals surface area contributed by atoms with Gasteiger partial charge in [-0.25, -0.2) is 4.98 Å². The quantitative estimate of drug-likeness (QED) is 0.608. The van der Waals surface area contributed by atoms with E-state index in [0.717, 1.165) is 34.0 Å². The third-order valence-corrected chi connectivity index (χ3v) is 4.46. The highest BCUT2D eigenvalue weighted by molar-refractivity contribution is 6.03. The molecule has 4 nitrogen and oxygen atoms in total. The summed E-state index contributed by atoms with van der Waals surface area (Å²) in [6, 6.07) is 16.4. The number of para-hydroxylation sites is 2. The summed E-state index contributed by atoms with van der Waals surface area (Å²) in [5, 5.41) is 11.0. The number of imidazole rings is 1. The molecule has 2 heterocycles. The zero-order valence-corrected chi connectivity index (χ0v) is 14.5. The number of aliphatic hydroxyl groups is 1. The van der Waals surface area contributed by atoms with Crippen molar-refractivity contribution in [2.75, 3.05) is 0 Å². The molecule has 1 N–H and O–H groups in total. The van der Waals surface area contributed by atoms with Crippen molar-refractivity contribution in [1.29, 1.82) is 0 Å². The number of rotatable bonds is 4. The largest absolute Gasteiger partial charge is 0.388 e. The maximum absolute atomic E-state index is 9.92. The van der Waals surface area contributed by atoms with Gasteiger partial charge in [-0.05, 0) is 30.0 Å². The van der Waals surface area contributed by atoms with Crippen LogP contribution < -0.4 is 0 Å². The molecule has 0 saturated heterocycles. The second-order valence-corrected chi connectivity index (χ2v) is 6.76. The van der Waals surface area contributed by atoms with E-state index in [-0.39, 0.29) is 6.61 Å². The van der Waals surface area contributed by atoms with Gasteiger partial charge in [-0.3, -0.25) is 9.55 Å². The minimum Gasteiger partial charge on any atom is -0.388 e. The van der Waals surface area contributed by atoms with E-state index in [4.69, 9.17) is 0 Å². The SMILES string of the molecule is CC(C)Cc1ccccc1-n1c(CO)nc2cnc3ccccc3c21. The van der Waals surface area contributed by atoms with E-state index in [1.807, 2.05) is 24.3 Å². The summed E-state index contributed by atoms with van der Waals surface area (Å²) < 4.78 is 2.09. The molecule has 0 radical (unpaired) electrons. The first-order valence-corrected chi connectivity index (χ1v) is 8.63. The van der Waals surface area contributed by atoms with Crippen molar-refractivity contribution in [2.45, 2.75) is 26.9 Å². The summed E-state index contributed by atoms with van der Waals surface area (Å²) >= 11 is 0. The third-order valence-electron chi connectivity index (χ3n) is 4.46. The van der Waals surface area contributed by atoms with Gasteiger partial charge in [0.15, 0.2) is 0 Å². The van der Waals surface area contributed by atoms with Gasteiger partial charge in [-0.1, -0.05) is 50.2 Å². The van der Waals surface area contributed by atoms with Crippen LogP contribution in [0.4, 0.5) is 0 Å². The highest BCUT2D eigenvalue weighted by Gasteiger charge is 2.17. The molecule has 0 bridgehead atoms. The predicted octanol–water partition coefficient (Wildman–Crippen LogP) is 4.26. The van der Waals surface area contributed by atoms with Crippen molar-refractivity contribution < 1.29 is 5.11 Å². The summed E-state index contributed by atoms with van der Waals surface area (Å²) in [6.07, 6.45) is 2.77. The Morgan fingerprint density at radius 2 is 1.76 bits per heavy atom. The molecule has 25 heavy (non-hydrogen) atoms. The van der Waals surface area contributed by atoms with Crippen molar-refractivity contribution in [1.82, 2.24) is 14.5 Å². The van der Waals surface area contributed by atoms with E-state index in [2.05, 4.69) is 52.6 Å². The average molecular weight is 331 g/mol. The summed E-state index contributed by atoms with van der Waals surface area (Å²) in [7, 11) is 0. The molecular weight excluding hydrogens is 310 g/mol. The van der Waals surface area contributed by atoms with Crippen LogP contribution in [0.3, 0.4) is 0 Å². The van der Waals surface area contributed by atoms with Crippen LogP contribution in [0.1, 0.15) is 25.2 Å². The summed E-state index contributed by atoms with van der Waals surface area (Å²) in [5.41, 5.74) is 5.08. The molecule has 0 atom stereocenters. The molecule has 0 aliphatic rings. The van der Waals surface area contributed by atoms with Gasteiger partial charge in [0.25, 0.3) is 0 Å². The number of benzene rings is 2. The molecule has 4 rings (SSSR count). The van der Waals surface area contributed by atoms with Crippen LogP contribution in [0.5, 0.6) is 0 Å². The number of hydrogen-bond acceptors (Lipinski definition) is 3. The Bertz CT molecular complexity index is 1050. The second kappa shape index (κ2) is 6.30. The first kappa shape index (κ1) is 15.8. The van der Waals surface area contributed by atoms with Gasteiger partial charge in [0.1, 0.15) is 17.9 Å². The monoisotopic (exact) mass is 331 g/mol. The zero-order chi connectivity index (χ0) is 17.4. The van der Waals surface area contributed by atoms with Crippen molar-refractivity contribution in [2.24, 2.45) is 5.92 Å². The maximum atomic E-state index is 9.92. The minimum absolute atomic E-state index is 0.112. The molecule has 0 aliphatic carbocycles. The lowest BCUT2D eigenvalue weighted by Crippen LogP contribution is -2.06. The standard InChI is InChI=1S/C21H21N3O/c1-14(2)11-15-7-3-6-10-19(15)24-20(13-25)23-18-12-22-17-9-5-4-8-16(17)21(18)24/h3-10,12,14,25H,11,13H2,1-2H3. The van der Waals surface area contributed by atoms with Gasteiger partial charge in [-0.2, -0.15) is 0 Å². The Morgan fingerprint density at radius 3 is 2.56 bits per heavy atom. The molecule has 2 aromatic carbocycles. The van der Waals surface area contributed by atoms with Crippen LogP contribution >= 0.6 is 0 Å². The molecule has 0 spiro atoms. The first-order chi connectivity index (χ1) is 12.2. The topological polar surface area (TPSA) is 50.9 Å². The van der Waals surface area contributed by atoms with E-state index >= 15 is 0 Å². The molecule has 2 aromatic heterocycles. The van der Waals surface area contributed by atoms with Crippen molar-refractivity contribution in [3.8, 4) is 5.69 Å². The highest BCUT2D eigenvalue weighted by Crippen LogP contribution is 2.30. The molecule has 4 aromatic rings. The van der Waals surface area contributed by atoms with Gasteiger partial charge in [0.05, 0.1) is 22.9 Å². The summed E-state index contributed by atoms with van der Waals surface area (Å²) in [4.78, 5) is 9.13. The van der Waals surface area contributed by atoms with E-state index in [1.165, 1.54) is 5.56 Å². The second-order valence-electron chi connectivity index (χ2n) is 6.76. The lowest BCUT2D eigenvalue weighted by atomic mass is 10.0. The van der Waals surface area contributed by atoms with Crippen molar-refractivity contribution >= 4 is 21.9 Å². The minimum atomic E-state index is -0.112. The Labute approximate surface area is 146 Å². The van der Waals surface area contributed by atoms with Crippen LogP contribution in [-0.4, -0.2) is 19.6 Å². The van der Waals surface area contributed by atoms with Crippen LogP contribution in [0.25, 0.3) is 27.6 Å². The van der Waals surface area contributed by atoms with Gasteiger partial charge >= 0.3 is 0 Å². The molecule has 126 valence electrons. The Kier molecular flexibility index (Phi) is 3.98. The van der Waals surface area contributed by atoms with Crippen LogP contribution in [0, 0.1) is 5.92 Å². The van der Waals surface area contributed by atoms with E-state index in [9.17, 15) is 5.11 Å². The Hall–Kier alpha value is -2.72. The number of fused-ring (bicyclic) bond motifs is 3. The average Bonchev–Trinajstić information content (AvgIpc) is 3.00. The fourth-order valence-electron chi connectivity index (χ4n) is 3.46. The van der Waals surface area contributed by atoms with Crippen LogP contribution in [0.2, 0.25) is 0 Å². The number of aromatic nitrogens is 3. The van der Waals surface area contributed by atoms with Crippen LogP contribution in [-0.2, 0) is 13.0 Å². The number of nitrogens with zero attached hydrogens (tertiary/aromatic N) is 3. The fraction of sp³-hybridized carbons (Fsp3) is 0.238. The molecule has 4 heteroatoms. The molecule has 0 fully saturated rings. The molecule has 0 amide bonds. The number of aliphatic hydroxyl groups excluding tert-OH is 1. The smallest absolute Gasteiger partial charge is 0.140 e. The lowest BCUT2D eigenvalue weighted by Gasteiger charge is -2.15. The molecule has 0 saturated carbocycles. The van der Waals surface area contributed by atoms with Gasteiger partial charge < -0.3 is 5.11 Å². The highest BCUT2D eigenvalue weighted by atomic mass is 16.3. The molecule has 0 unspecified atom stereocenters. The fourth-order valence-corrected chi connectivity index (χ4v) is 3.46. The normalized spacial score (nSPS) is 11.7. The summed E-state index contributed by atoms with van der Waals surface area (Å²) in [6.45, 7) is 4.32. The van der Waals surface area contributed by atoms with E-state index in [0.29, 0.717) is 11.7 Å². The predicted molar refractivity (Wildman–Crippen MR) is 101 cm³/mol. The lowest BCUT2D eigenvalue weighted by molar-refractivity contribution is 0.270. The van der Waals surface area contributed by atoms with Crippen LogP contribution in [0.15, 0.2) is 54.7 Å². The van der Waals surface area contributed by atoms with Crippen molar-refractivity contribution in [3.63, 3.8) is 0 Å². The summed E-state index contributed by atoms with van der Waals surface area (Å²) in [5.74, 6) is 1.19. The number of hydrogen-bond donors (Lipinski definition) is 1. The van der Waals surface area contributed by atoms with Gasteiger partial charge in [-0.15, -0.1) is 0 Å². The number of pyridine rings is 1. The zero-order valence-electron chi connectivity index (χ0n) is 14.5. The van der Waals surface area contributed by atoms with Gasteiger partial charge in [0.2, 0.25) is 0 Å².